The largest absolute Gasteiger partial charge is 0.291 e. The van der Waals surface area contributed by atoms with Crippen LogP contribution in [-0.4, -0.2) is 11.6 Å². The van der Waals surface area contributed by atoms with Crippen LogP contribution in [0.25, 0.3) is 0 Å². The van der Waals surface area contributed by atoms with Gasteiger partial charge < -0.3 is 0 Å². The van der Waals surface area contributed by atoms with E-state index in [0.29, 0.717) is 12.8 Å². The molecule has 0 aliphatic heterocycles. The van der Waals surface area contributed by atoms with Gasteiger partial charge in [-0.05, 0) is 12.8 Å². The van der Waals surface area contributed by atoms with E-state index in [4.69, 9.17) is 0 Å². The highest BCUT2D eigenvalue weighted by Gasteiger charge is 2.16. The van der Waals surface area contributed by atoms with Gasteiger partial charge in [0.2, 0.25) is 0 Å². The molecule has 0 aromatic carbocycles. The number of hydrogen-bond acceptors (Lipinski definition) is 2. The van der Waals surface area contributed by atoms with Gasteiger partial charge in [-0.15, -0.1) is 0 Å². The first-order valence-electron chi connectivity index (χ1n) is 2.87. The highest BCUT2D eigenvalue weighted by atomic mass is 16.2. The molecule has 1 saturated carbocycles. The predicted molar refractivity (Wildman–Crippen MR) is 31.7 cm³/mol. The van der Waals surface area contributed by atoms with Crippen molar-refractivity contribution in [1.82, 2.24) is 0 Å². The van der Waals surface area contributed by atoms with Gasteiger partial charge in [-0.2, -0.15) is 0 Å². The molecule has 48 valence electrons. The van der Waals surface area contributed by atoms with Gasteiger partial charge in [0, 0.05) is 20.3 Å². The van der Waals surface area contributed by atoms with Gasteiger partial charge in [0.25, 0.3) is 0 Å². The van der Waals surface area contributed by atoms with E-state index in [1.165, 1.54) is 0 Å². The van der Waals surface area contributed by atoms with Crippen LogP contribution < -0.4 is 0 Å². The van der Waals surface area contributed by atoms with Gasteiger partial charge in [-0.1, -0.05) is 0 Å². The summed E-state index contributed by atoms with van der Waals surface area (Å²) in [5.74, 6) is -0.340. The average molecular weight is 124 g/mol. The Hall–Kier alpha value is -0.660. The molecule has 1 rings (SSSR count). The third kappa shape index (κ3) is 1.96. The molecule has 0 unspecified atom stereocenters. The van der Waals surface area contributed by atoms with Crippen molar-refractivity contribution in [2.45, 2.75) is 25.7 Å². The first kappa shape index (κ1) is 8.34. The van der Waals surface area contributed by atoms with Crippen LogP contribution in [0.15, 0.2) is 0 Å². The highest BCUT2D eigenvalue weighted by molar-refractivity contribution is 6.37. The fourth-order valence-electron chi connectivity index (χ4n) is 0.850. The topological polar surface area (TPSA) is 34.1 Å². The van der Waals surface area contributed by atoms with Crippen LogP contribution >= 0.6 is 0 Å². The summed E-state index contributed by atoms with van der Waals surface area (Å²) in [6, 6.07) is 0. The van der Waals surface area contributed by atoms with Gasteiger partial charge >= 0.3 is 0 Å². The lowest BCUT2D eigenvalue weighted by Crippen LogP contribution is -2.17. The Morgan fingerprint density at radius 1 is 0.889 bits per heavy atom. The Morgan fingerprint density at radius 2 is 1.22 bits per heavy atom. The lowest BCUT2D eigenvalue weighted by molar-refractivity contribution is -0.137. The minimum absolute atomic E-state index is 0. The molecule has 1 aliphatic carbocycles. The molecule has 2 nitrogen and oxygen atoms in total. The quantitative estimate of drug-likeness (QED) is 0.447. The molecule has 1 fully saturated rings. The maximum Gasteiger partial charge on any atom is 0.198 e. The summed E-state index contributed by atoms with van der Waals surface area (Å²) in [6.45, 7) is 0. The van der Waals surface area contributed by atoms with E-state index >= 15 is 0 Å². The van der Waals surface area contributed by atoms with Crippen LogP contribution in [0, 0.1) is 7.43 Å². The molecule has 0 atom stereocenters. The number of carbonyl (C=O) groups excluding carboxylic acids is 2. The molecule has 0 heterocycles. The lowest BCUT2D eigenvalue weighted by Gasteiger charge is -2.04. The van der Waals surface area contributed by atoms with Crippen molar-refractivity contribution >= 4 is 11.6 Å². The van der Waals surface area contributed by atoms with E-state index in [9.17, 15) is 9.59 Å². The number of carbonyl (C=O) groups is 2. The zero-order valence-electron chi connectivity index (χ0n) is 5.14. The van der Waals surface area contributed by atoms with Crippen molar-refractivity contribution in [2.24, 2.45) is 0 Å². The van der Waals surface area contributed by atoms with Crippen molar-refractivity contribution in [3.63, 3.8) is 0 Å². The van der Waals surface area contributed by atoms with Gasteiger partial charge in [-0.3, -0.25) is 9.59 Å². The summed E-state index contributed by atoms with van der Waals surface area (Å²) >= 11 is 0. The van der Waals surface area contributed by atoms with E-state index in [2.05, 4.69) is 0 Å². The number of Topliss-reactive ketones (excluding diaryl/α,β-unsaturated/α-hetero) is 2. The second-order valence-electron chi connectivity index (χ2n) is 2.05. The Balaban J connectivity index is 0.000000640. The third-order valence-electron chi connectivity index (χ3n) is 1.37. The standard InChI is InChI=1S/C6H8O2.C/c7-5-3-1-2-4-6(5)8;/h1-4H2;. The first-order chi connectivity index (χ1) is 3.80. The first-order valence-corrected chi connectivity index (χ1v) is 2.87. The number of rotatable bonds is 0. The molecular weight excluding hydrogens is 116 g/mol. The molecule has 0 amide bonds. The Kier molecular flexibility index (Phi) is 3.13. The highest BCUT2D eigenvalue weighted by Crippen LogP contribution is 2.09. The Bertz CT molecular complexity index is 111. The normalized spacial score (nSPS) is 19.1. The zero-order valence-corrected chi connectivity index (χ0v) is 5.14. The molecule has 0 aromatic rings. The van der Waals surface area contributed by atoms with E-state index in [1.807, 2.05) is 0 Å². The minimum atomic E-state index is -0.170. The summed E-state index contributed by atoms with van der Waals surface area (Å²) in [5, 5.41) is 0. The molecule has 0 aromatic heterocycles. The molecular formula is C7H8O2. The molecule has 2 heteroatoms. The van der Waals surface area contributed by atoms with Crippen molar-refractivity contribution in [3.8, 4) is 0 Å². The molecule has 0 spiro atoms. The fraction of sp³-hybridized carbons (Fsp3) is 0.571. The van der Waals surface area contributed by atoms with E-state index in [0.717, 1.165) is 12.8 Å². The van der Waals surface area contributed by atoms with E-state index < -0.39 is 0 Å². The summed E-state index contributed by atoms with van der Waals surface area (Å²) < 4.78 is 0. The average Bonchev–Trinajstić information content (AvgIpc) is 1.77. The van der Waals surface area contributed by atoms with Crippen LogP contribution in [-0.2, 0) is 9.59 Å². The summed E-state index contributed by atoms with van der Waals surface area (Å²) in [5.41, 5.74) is 0. The number of ketones is 2. The molecule has 4 radical (unpaired) electrons. The van der Waals surface area contributed by atoms with Crippen LogP contribution in [0.4, 0.5) is 0 Å². The molecule has 0 N–H and O–H groups in total. The SMILES string of the molecule is O=C1CCCCC1=O.[C]. The van der Waals surface area contributed by atoms with Crippen LogP contribution in [0.2, 0.25) is 0 Å². The summed E-state index contributed by atoms with van der Waals surface area (Å²) in [6.07, 6.45) is 2.78. The van der Waals surface area contributed by atoms with Crippen molar-refractivity contribution in [3.05, 3.63) is 7.43 Å². The zero-order chi connectivity index (χ0) is 5.98. The van der Waals surface area contributed by atoms with Crippen LogP contribution in [0.1, 0.15) is 25.7 Å². The van der Waals surface area contributed by atoms with E-state index in [1.54, 1.807) is 0 Å². The van der Waals surface area contributed by atoms with Gasteiger partial charge in [0.1, 0.15) is 0 Å². The minimum Gasteiger partial charge on any atom is -0.291 e. The van der Waals surface area contributed by atoms with Crippen molar-refractivity contribution in [1.29, 1.82) is 0 Å². The van der Waals surface area contributed by atoms with Crippen LogP contribution in [0.5, 0.6) is 0 Å². The smallest absolute Gasteiger partial charge is 0.198 e. The number of hydrogen-bond donors (Lipinski definition) is 0. The van der Waals surface area contributed by atoms with E-state index in [-0.39, 0.29) is 19.0 Å². The predicted octanol–water partition coefficient (Wildman–Crippen LogP) is 0.780. The molecule has 0 saturated heterocycles. The lowest BCUT2D eigenvalue weighted by atomic mass is 9.98. The van der Waals surface area contributed by atoms with Gasteiger partial charge in [-0.25, -0.2) is 0 Å². The summed E-state index contributed by atoms with van der Waals surface area (Å²) in [7, 11) is 0. The van der Waals surface area contributed by atoms with Crippen molar-refractivity contribution in [2.75, 3.05) is 0 Å². The van der Waals surface area contributed by atoms with Gasteiger partial charge in [0.05, 0.1) is 0 Å². The monoisotopic (exact) mass is 124 g/mol. The molecule has 9 heavy (non-hydrogen) atoms. The van der Waals surface area contributed by atoms with Gasteiger partial charge in [0.15, 0.2) is 11.6 Å². The fourth-order valence-corrected chi connectivity index (χ4v) is 0.850. The maximum absolute atomic E-state index is 10.4. The summed E-state index contributed by atoms with van der Waals surface area (Å²) in [4.78, 5) is 20.9. The maximum atomic E-state index is 10.4. The van der Waals surface area contributed by atoms with Crippen molar-refractivity contribution < 1.29 is 9.59 Å². The second-order valence-corrected chi connectivity index (χ2v) is 2.05. The molecule has 1 aliphatic rings. The second kappa shape index (κ2) is 3.38. The molecule has 0 bridgehead atoms. The third-order valence-corrected chi connectivity index (χ3v) is 1.37. The Labute approximate surface area is 55.3 Å². The van der Waals surface area contributed by atoms with Crippen LogP contribution in [0.3, 0.4) is 0 Å². The Morgan fingerprint density at radius 3 is 1.44 bits per heavy atom.